The maximum Gasteiger partial charge on any atom is 0.302 e. The average Bonchev–Trinajstić information content (AvgIpc) is 2.00. The predicted molar refractivity (Wildman–Crippen MR) is 55.4 cm³/mol. The fraction of sp³-hybridized carbons (Fsp3) is 0.875. The first kappa shape index (κ1) is 12.2. The van der Waals surface area contributed by atoms with Gasteiger partial charge in [-0.05, 0) is 6.42 Å². The van der Waals surface area contributed by atoms with Crippen LogP contribution in [-0.2, 0) is 9.53 Å². The number of halogens is 1. The third-order valence-corrected chi connectivity index (χ3v) is 2.64. The molecule has 0 radical (unpaired) electrons. The molecule has 0 bridgehead atoms. The molecule has 0 saturated heterocycles. The zero-order valence-electron chi connectivity index (χ0n) is 7.42. The Labute approximate surface area is 86.6 Å². The van der Waals surface area contributed by atoms with Crippen LogP contribution in [0.1, 0.15) is 26.7 Å². The van der Waals surface area contributed by atoms with Crippen molar-refractivity contribution in [3.63, 3.8) is 0 Å². The van der Waals surface area contributed by atoms with Crippen LogP contribution in [0.15, 0.2) is 0 Å². The van der Waals surface area contributed by atoms with Crippen molar-refractivity contribution in [3.05, 3.63) is 0 Å². The molecule has 0 unspecified atom stereocenters. The monoisotopic (exact) mass is 286 g/mol. The minimum Gasteiger partial charge on any atom is -0.465 e. The Hall–Kier alpha value is 0.160. The first-order valence-electron chi connectivity index (χ1n) is 4.03. The second-order valence-corrected chi connectivity index (χ2v) is 4.27. The second kappa shape index (κ2) is 6.65. The Morgan fingerprint density at radius 1 is 1.67 bits per heavy atom. The molecule has 1 N–H and O–H groups in total. The molecule has 0 aromatic rings. The van der Waals surface area contributed by atoms with E-state index in [4.69, 9.17) is 4.74 Å². The van der Waals surface area contributed by atoms with Gasteiger partial charge in [0, 0.05) is 6.92 Å². The summed E-state index contributed by atoms with van der Waals surface area (Å²) in [5, 5.41) is 9.43. The van der Waals surface area contributed by atoms with Crippen molar-refractivity contribution < 1.29 is 14.6 Å². The molecule has 0 rings (SSSR count). The number of ether oxygens (including phenoxy) is 1. The van der Waals surface area contributed by atoms with Gasteiger partial charge in [-0.1, -0.05) is 35.9 Å². The SMILES string of the molecule is CCC[C@H](O)[C@@H](I)COC(C)=O. The van der Waals surface area contributed by atoms with Gasteiger partial charge in [0.05, 0.1) is 10.0 Å². The van der Waals surface area contributed by atoms with E-state index in [1.54, 1.807) is 0 Å². The minimum absolute atomic E-state index is 0.00597. The zero-order chi connectivity index (χ0) is 9.56. The molecule has 0 aliphatic rings. The fourth-order valence-electron chi connectivity index (χ4n) is 0.785. The van der Waals surface area contributed by atoms with Gasteiger partial charge < -0.3 is 9.84 Å². The largest absolute Gasteiger partial charge is 0.465 e. The highest BCUT2D eigenvalue weighted by atomic mass is 127. The van der Waals surface area contributed by atoms with Crippen LogP contribution in [0.5, 0.6) is 0 Å². The van der Waals surface area contributed by atoms with Crippen LogP contribution in [-0.4, -0.2) is 27.7 Å². The molecular weight excluding hydrogens is 271 g/mol. The van der Waals surface area contributed by atoms with Crippen LogP contribution < -0.4 is 0 Å². The van der Waals surface area contributed by atoms with Crippen LogP contribution in [0, 0.1) is 0 Å². The maximum absolute atomic E-state index is 10.4. The molecule has 2 atom stereocenters. The molecule has 0 fully saturated rings. The van der Waals surface area contributed by atoms with Crippen molar-refractivity contribution in [3.8, 4) is 0 Å². The van der Waals surface area contributed by atoms with Gasteiger partial charge >= 0.3 is 5.97 Å². The summed E-state index contributed by atoms with van der Waals surface area (Å²) in [7, 11) is 0. The minimum atomic E-state index is -0.366. The van der Waals surface area contributed by atoms with E-state index in [0.717, 1.165) is 12.8 Å². The first-order chi connectivity index (χ1) is 5.57. The van der Waals surface area contributed by atoms with E-state index in [-0.39, 0.29) is 16.0 Å². The first-order valence-corrected chi connectivity index (χ1v) is 5.28. The van der Waals surface area contributed by atoms with Gasteiger partial charge in [0.1, 0.15) is 6.61 Å². The summed E-state index contributed by atoms with van der Waals surface area (Å²) in [6.45, 7) is 3.69. The molecule has 0 spiro atoms. The number of aliphatic hydroxyl groups excluding tert-OH is 1. The highest BCUT2D eigenvalue weighted by molar-refractivity contribution is 14.1. The van der Waals surface area contributed by atoms with E-state index in [1.807, 2.05) is 6.92 Å². The molecule has 0 aliphatic heterocycles. The molecule has 12 heavy (non-hydrogen) atoms. The smallest absolute Gasteiger partial charge is 0.302 e. The number of aliphatic hydroxyl groups is 1. The number of hydrogen-bond acceptors (Lipinski definition) is 3. The standard InChI is InChI=1S/C8H15IO3/c1-3-4-8(11)7(9)5-12-6(2)10/h7-8,11H,3-5H2,1-2H3/t7-,8-/m0/s1. The lowest BCUT2D eigenvalue weighted by atomic mass is 10.1. The van der Waals surface area contributed by atoms with E-state index < -0.39 is 0 Å². The van der Waals surface area contributed by atoms with E-state index in [0.29, 0.717) is 6.61 Å². The third-order valence-electron chi connectivity index (χ3n) is 1.45. The van der Waals surface area contributed by atoms with Crippen molar-refractivity contribution in [2.75, 3.05) is 6.61 Å². The molecule has 72 valence electrons. The maximum atomic E-state index is 10.4. The van der Waals surface area contributed by atoms with Crippen LogP contribution in [0.4, 0.5) is 0 Å². The number of esters is 1. The Morgan fingerprint density at radius 3 is 2.67 bits per heavy atom. The van der Waals surface area contributed by atoms with E-state index >= 15 is 0 Å². The third kappa shape index (κ3) is 5.77. The summed E-state index contributed by atoms with van der Waals surface area (Å²) in [5.41, 5.74) is 0. The number of rotatable bonds is 5. The van der Waals surface area contributed by atoms with Crippen LogP contribution in [0.2, 0.25) is 0 Å². The fourth-order valence-corrected chi connectivity index (χ4v) is 1.32. The molecule has 0 aromatic heterocycles. The number of alkyl halides is 1. The number of carbonyl (C=O) groups is 1. The summed E-state index contributed by atoms with van der Waals surface area (Å²) in [5.74, 6) is -0.291. The molecule has 0 aliphatic carbocycles. The lowest BCUT2D eigenvalue weighted by Gasteiger charge is -2.15. The van der Waals surface area contributed by atoms with E-state index in [9.17, 15) is 9.90 Å². The predicted octanol–water partition coefficient (Wildman–Crippen LogP) is 1.51. The molecule has 4 heteroatoms. The summed E-state index contributed by atoms with van der Waals surface area (Å²) in [6.07, 6.45) is 1.34. The number of hydrogen-bond donors (Lipinski definition) is 1. The van der Waals surface area contributed by atoms with E-state index in [1.165, 1.54) is 6.92 Å². The van der Waals surface area contributed by atoms with Gasteiger partial charge in [-0.15, -0.1) is 0 Å². The lowest BCUT2D eigenvalue weighted by Crippen LogP contribution is -2.25. The van der Waals surface area contributed by atoms with Crippen molar-refractivity contribution in [2.45, 2.75) is 36.7 Å². The van der Waals surface area contributed by atoms with Crippen molar-refractivity contribution in [1.29, 1.82) is 0 Å². The Bertz CT molecular complexity index is 138. The molecule has 0 aromatic carbocycles. The van der Waals surface area contributed by atoms with Crippen molar-refractivity contribution in [2.24, 2.45) is 0 Å². The van der Waals surface area contributed by atoms with Crippen molar-refractivity contribution >= 4 is 28.6 Å². The number of carbonyl (C=O) groups excluding carboxylic acids is 1. The second-order valence-electron chi connectivity index (χ2n) is 2.67. The molecule has 0 heterocycles. The Balaban J connectivity index is 3.55. The highest BCUT2D eigenvalue weighted by Crippen LogP contribution is 2.11. The van der Waals surface area contributed by atoms with Crippen LogP contribution in [0.3, 0.4) is 0 Å². The van der Waals surface area contributed by atoms with Gasteiger partial charge in [-0.3, -0.25) is 4.79 Å². The lowest BCUT2D eigenvalue weighted by molar-refractivity contribution is -0.141. The van der Waals surface area contributed by atoms with Gasteiger partial charge in [0.25, 0.3) is 0 Å². The summed E-state index contributed by atoms with van der Waals surface area (Å²) in [4.78, 5) is 10.4. The average molecular weight is 286 g/mol. The van der Waals surface area contributed by atoms with Gasteiger partial charge in [-0.2, -0.15) is 0 Å². The Kier molecular flexibility index (Phi) is 6.74. The normalized spacial score (nSPS) is 15.3. The molecule has 0 saturated carbocycles. The quantitative estimate of drug-likeness (QED) is 0.473. The molecule has 0 amide bonds. The van der Waals surface area contributed by atoms with Gasteiger partial charge in [0.2, 0.25) is 0 Å². The summed E-state index contributed by atoms with van der Waals surface area (Å²) in [6, 6.07) is 0. The van der Waals surface area contributed by atoms with Crippen molar-refractivity contribution in [1.82, 2.24) is 0 Å². The molecule has 3 nitrogen and oxygen atoms in total. The summed E-state index contributed by atoms with van der Waals surface area (Å²) < 4.78 is 4.77. The van der Waals surface area contributed by atoms with E-state index in [2.05, 4.69) is 22.6 Å². The van der Waals surface area contributed by atoms with Crippen LogP contribution in [0.25, 0.3) is 0 Å². The van der Waals surface area contributed by atoms with Gasteiger partial charge in [0.15, 0.2) is 0 Å². The van der Waals surface area contributed by atoms with Gasteiger partial charge in [-0.25, -0.2) is 0 Å². The summed E-state index contributed by atoms with van der Waals surface area (Å²) >= 11 is 2.10. The molecular formula is C8H15IO3. The Morgan fingerprint density at radius 2 is 2.25 bits per heavy atom. The zero-order valence-corrected chi connectivity index (χ0v) is 9.58. The topological polar surface area (TPSA) is 46.5 Å². The van der Waals surface area contributed by atoms with Crippen LogP contribution >= 0.6 is 22.6 Å². The highest BCUT2D eigenvalue weighted by Gasteiger charge is 2.15.